The number of rotatable bonds is 5. The molecular formula is C14H19NO3. The normalized spacial score (nSPS) is 18.6. The van der Waals surface area contributed by atoms with E-state index in [1.165, 1.54) is 0 Å². The third-order valence-electron chi connectivity index (χ3n) is 3.10. The summed E-state index contributed by atoms with van der Waals surface area (Å²) in [4.78, 5) is 11.8. The van der Waals surface area contributed by atoms with Crippen molar-refractivity contribution >= 4 is 11.6 Å². The average Bonchev–Trinajstić information content (AvgIpc) is 2.90. The van der Waals surface area contributed by atoms with E-state index in [-0.39, 0.29) is 12.0 Å². The second kappa shape index (κ2) is 6.40. The monoisotopic (exact) mass is 249 g/mol. The molecule has 2 rings (SSSR count). The Bertz CT molecular complexity index is 400. The van der Waals surface area contributed by atoms with Crippen molar-refractivity contribution in [1.29, 1.82) is 0 Å². The average molecular weight is 249 g/mol. The molecule has 0 bridgehead atoms. The first-order valence-corrected chi connectivity index (χ1v) is 6.34. The Balaban J connectivity index is 1.82. The number of carbonyl (C=O) groups is 1. The highest BCUT2D eigenvalue weighted by atomic mass is 16.5. The van der Waals surface area contributed by atoms with Crippen molar-refractivity contribution in [2.45, 2.75) is 31.8 Å². The number of nitrogens with one attached hydrogen (secondary N) is 1. The zero-order chi connectivity index (χ0) is 12.8. The molecular weight excluding hydrogens is 230 g/mol. The molecule has 0 saturated carbocycles. The van der Waals surface area contributed by atoms with Gasteiger partial charge in [-0.1, -0.05) is 12.1 Å². The third-order valence-corrected chi connectivity index (χ3v) is 3.10. The number of hydrogen-bond donors (Lipinski definition) is 1. The number of carbonyl (C=O) groups excluding carboxylic acids is 1. The number of amides is 1. The Kier molecular flexibility index (Phi) is 4.59. The van der Waals surface area contributed by atoms with Crippen molar-refractivity contribution < 1.29 is 14.3 Å². The molecule has 1 aliphatic rings. The lowest BCUT2D eigenvalue weighted by atomic mass is 10.1. The molecule has 0 aromatic heterocycles. The zero-order valence-electron chi connectivity index (χ0n) is 10.6. The SMILES string of the molecule is COc1ccccc1NC(=O)CCC1CCCO1. The summed E-state index contributed by atoms with van der Waals surface area (Å²) in [5, 5.41) is 2.87. The molecule has 1 fully saturated rings. The fraction of sp³-hybridized carbons (Fsp3) is 0.500. The highest BCUT2D eigenvalue weighted by molar-refractivity contribution is 5.92. The van der Waals surface area contributed by atoms with Crippen molar-refractivity contribution in [2.24, 2.45) is 0 Å². The molecule has 1 saturated heterocycles. The predicted molar refractivity (Wildman–Crippen MR) is 69.8 cm³/mol. The Morgan fingerprint density at radius 2 is 2.33 bits per heavy atom. The summed E-state index contributed by atoms with van der Waals surface area (Å²) in [5.41, 5.74) is 0.720. The summed E-state index contributed by atoms with van der Waals surface area (Å²) in [6.45, 7) is 0.832. The topological polar surface area (TPSA) is 47.6 Å². The molecule has 1 aromatic carbocycles. The highest BCUT2D eigenvalue weighted by Crippen LogP contribution is 2.23. The van der Waals surface area contributed by atoms with E-state index in [9.17, 15) is 4.79 Å². The van der Waals surface area contributed by atoms with E-state index in [0.29, 0.717) is 12.2 Å². The minimum Gasteiger partial charge on any atom is -0.495 e. The van der Waals surface area contributed by atoms with Crippen LogP contribution in [0.1, 0.15) is 25.7 Å². The first-order valence-electron chi connectivity index (χ1n) is 6.34. The minimum absolute atomic E-state index is 0.00926. The maximum atomic E-state index is 11.8. The van der Waals surface area contributed by atoms with Crippen molar-refractivity contribution in [1.82, 2.24) is 0 Å². The molecule has 1 unspecified atom stereocenters. The maximum absolute atomic E-state index is 11.8. The zero-order valence-corrected chi connectivity index (χ0v) is 10.6. The predicted octanol–water partition coefficient (Wildman–Crippen LogP) is 2.59. The van der Waals surface area contributed by atoms with Crippen molar-refractivity contribution in [2.75, 3.05) is 19.0 Å². The highest BCUT2D eigenvalue weighted by Gasteiger charge is 2.17. The second-order valence-corrected chi connectivity index (χ2v) is 4.42. The van der Waals surface area contributed by atoms with E-state index in [4.69, 9.17) is 9.47 Å². The molecule has 0 aliphatic carbocycles. The van der Waals surface area contributed by atoms with E-state index in [1.807, 2.05) is 24.3 Å². The lowest BCUT2D eigenvalue weighted by Crippen LogP contribution is -2.15. The quantitative estimate of drug-likeness (QED) is 0.872. The van der Waals surface area contributed by atoms with Crippen molar-refractivity contribution in [3.05, 3.63) is 24.3 Å². The van der Waals surface area contributed by atoms with Crippen LogP contribution in [-0.2, 0) is 9.53 Å². The molecule has 1 aliphatic heterocycles. The number of ether oxygens (including phenoxy) is 2. The second-order valence-electron chi connectivity index (χ2n) is 4.42. The first-order chi connectivity index (χ1) is 8.79. The van der Waals surface area contributed by atoms with Crippen LogP contribution in [0.15, 0.2) is 24.3 Å². The molecule has 1 amide bonds. The van der Waals surface area contributed by atoms with Crippen LogP contribution in [0, 0.1) is 0 Å². The Morgan fingerprint density at radius 3 is 3.06 bits per heavy atom. The standard InChI is InChI=1S/C14H19NO3/c1-17-13-7-3-2-6-12(13)15-14(16)9-8-11-5-4-10-18-11/h2-3,6-7,11H,4-5,8-10H2,1H3,(H,15,16). The third kappa shape index (κ3) is 3.47. The molecule has 4 heteroatoms. The number of anilines is 1. The molecule has 0 spiro atoms. The summed E-state index contributed by atoms with van der Waals surface area (Å²) in [6.07, 6.45) is 3.72. The summed E-state index contributed by atoms with van der Waals surface area (Å²) in [6, 6.07) is 7.41. The molecule has 18 heavy (non-hydrogen) atoms. The van der Waals surface area contributed by atoms with Crippen LogP contribution in [0.2, 0.25) is 0 Å². The van der Waals surface area contributed by atoms with Gasteiger partial charge in [0.25, 0.3) is 0 Å². The van der Waals surface area contributed by atoms with Gasteiger partial charge in [0.15, 0.2) is 0 Å². The molecule has 1 heterocycles. The van der Waals surface area contributed by atoms with Crippen LogP contribution >= 0.6 is 0 Å². The van der Waals surface area contributed by atoms with Crippen LogP contribution < -0.4 is 10.1 Å². The van der Waals surface area contributed by atoms with Gasteiger partial charge in [0.1, 0.15) is 5.75 Å². The largest absolute Gasteiger partial charge is 0.495 e. The van der Waals surface area contributed by atoms with E-state index in [2.05, 4.69) is 5.32 Å². The van der Waals surface area contributed by atoms with Gasteiger partial charge in [-0.15, -0.1) is 0 Å². The van der Waals surface area contributed by atoms with Crippen LogP contribution in [0.5, 0.6) is 5.75 Å². The van der Waals surface area contributed by atoms with Gasteiger partial charge in [-0.25, -0.2) is 0 Å². The van der Waals surface area contributed by atoms with Crippen LogP contribution in [0.4, 0.5) is 5.69 Å². The summed E-state index contributed by atoms with van der Waals surface area (Å²) in [7, 11) is 1.59. The van der Waals surface area contributed by atoms with E-state index >= 15 is 0 Å². The summed E-state index contributed by atoms with van der Waals surface area (Å²) < 4.78 is 10.7. The first kappa shape index (κ1) is 12.9. The summed E-state index contributed by atoms with van der Waals surface area (Å²) in [5.74, 6) is 0.693. The molecule has 4 nitrogen and oxygen atoms in total. The number of hydrogen-bond acceptors (Lipinski definition) is 3. The molecule has 0 radical (unpaired) electrons. The van der Waals surface area contributed by atoms with Crippen LogP contribution in [0.25, 0.3) is 0 Å². The van der Waals surface area contributed by atoms with Gasteiger partial charge in [-0.3, -0.25) is 4.79 Å². The fourth-order valence-corrected chi connectivity index (χ4v) is 2.12. The number of methoxy groups -OCH3 is 1. The van der Waals surface area contributed by atoms with Gasteiger partial charge in [0.2, 0.25) is 5.91 Å². The van der Waals surface area contributed by atoms with Crippen molar-refractivity contribution in [3.8, 4) is 5.75 Å². The van der Waals surface area contributed by atoms with Gasteiger partial charge >= 0.3 is 0 Å². The van der Waals surface area contributed by atoms with Gasteiger partial charge in [0, 0.05) is 13.0 Å². The van der Waals surface area contributed by atoms with Crippen molar-refractivity contribution in [3.63, 3.8) is 0 Å². The van der Waals surface area contributed by atoms with Crippen LogP contribution in [0.3, 0.4) is 0 Å². The molecule has 98 valence electrons. The minimum atomic E-state index is 0.00926. The van der Waals surface area contributed by atoms with E-state index < -0.39 is 0 Å². The van der Waals surface area contributed by atoms with E-state index in [0.717, 1.165) is 31.6 Å². The van der Waals surface area contributed by atoms with Crippen LogP contribution in [-0.4, -0.2) is 25.7 Å². The molecule has 1 atom stereocenters. The lowest BCUT2D eigenvalue weighted by Gasteiger charge is -2.11. The summed E-state index contributed by atoms with van der Waals surface area (Å²) >= 11 is 0. The fourth-order valence-electron chi connectivity index (χ4n) is 2.12. The smallest absolute Gasteiger partial charge is 0.224 e. The Morgan fingerprint density at radius 1 is 1.50 bits per heavy atom. The molecule has 1 aromatic rings. The van der Waals surface area contributed by atoms with E-state index in [1.54, 1.807) is 7.11 Å². The lowest BCUT2D eigenvalue weighted by molar-refractivity contribution is -0.116. The number of benzene rings is 1. The van der Waals surface area contributed by atoms with Gasteiger partial charge in [0.05, 0.1) is 18.9 Å². The van der Waals surface area contributed by atoms with Gasteiger partial charge in [-0.2, -0.15) is 0 Å². The Labute approximate surface area is 107 Å². The van der Waals surface area contributed by atoms with Gasteiger partial charge < -0.3 is 14.8 Å². The number of para-hydroxylation sites is 2. The molecule has 1 N–H and O–H groups in total. The maximum Gasteiger partial charge on any atom is 0.224 e. The Hall–Kier alpha value is -1.55. The van der Waals surface area contributed by atoms with Gasteiger partial charge in [-0.05, 0) is 31.4 Å².